The highest BCUT2D eigenvalue weighted by atomic mass is 35.5. The molecule has 0 amide bonds. The standard InChI is InChI=1S/C15H23N5.2ClH/c1-4-13-9-14(19-7-5-12(16)6-8-19)20-15(17-13)10(2)11(3)18-20;;/h9,12H,4-8,16H2,1-3H3;2*1H. The van der Waals surface area contributed by atoms with Gasteiger partial charge in [-0.25, -0.2) is 4.98 Å². The first-order valence-electron chi connectivity index (χ1n) is 7.46. The van der Waals surface area contributed by atoms with Gasteiger partial charge in [0, 0.05) is 36.5 Å². The molecule has 2 N–H and O–H groups in total. The third-order valence-corrected chi connectivity index (χ3v) is 4.32. The molecule has 5 nitrogen and oxygen atoms in total. The summed E-state index contributed by atoms with van der Waals surface area (Å²) in [5.74, 6) is 1.16. The van der Waals surface area contributed by atoms with E-state index in [1.165, 1.54) is 5.56 Å². The molecular weight excluding hydrogens is 321 g/mol. The number of aromatic nitrogens is 3. The molecule has 0 spiro atoms. The minimum Gasteiger partial charge on any atom is -0.356 e. The Morgan fingerprint density at radius 2 is 1.86 bits per heavy atom. The fourth-order valence-corrected chi connectivity index (χ4v) is 2.80. The SMILES string of the molecule is CCc1cc(N2CCC(N)CC2)n2nc(C)c(C)c2n1.Cl.Cl. The van der Waals surface area contributed by atoms with E-state index in [4.69, 9.17) is 10.7 Å². The number of nitrogens with zero attached hydrogens (tertiary/aromatic N) is 4. The van der Waals surface area contributed by atoms with Crippen LogP contribution in [0.15, 0.2) is 6.07 Å². The van der Waals surface area contributed by atoms with Gasteiger partial charge in [-0.3, -0.25) is 0 Å². The van der Waals surface area contributed by atoms with Crippen molar-refractivity contribution in [3.05, 3.63) is 23.0 Å². The largest absolute Gasteiger partial charge is 0.356 e. The summed E-state index contributed by atoms with van der Waals surface area (Å²) in [6, 6.07) is 2.52. The molecular formula is C15H25Cl2N5. The quantitative estimate of drug-likeness (QED) is 0.908. The second kappa shape index (κ2) is 7.49. The van der Waals surface area contributed by atoms with Crippen LogP contribution in [-0.4, -0.2) is 33.7 Å². The number of fused-ring (bicyclic) bond motifs is 1. The van der Waals surface area contributed by atoms with E-state index < -0.39 is 0 Å². The van der Waals surface area contributed by atoms with Crippen molar-refractivity contribution in [3.63, 3.8) is 0 Å². The highest BCUT2D eigenvalue weighted by Crippen LogP contribution is 2.24. The molecule has 124 valence electrons. The van der Waals surface area contributed by atoms with Gasteiger partial charge in [0.05, 0.1) is 5.69 Å². The molecule has 0 aromatic carbocycles. The Bertz CT molecular complexity index is 632. The summed E-state index contributed by atoms with van der Waals surface area (Å²) in [5, 5.41) is 4.66. The molecule has 7 heteroatoms. The van der Waals surface area contributed by atoms with Gasteiger partial charge in [-0.1, -0.05) is 6.92 Å². The zero-order chi connectivity index (χ0) is 14.3. The fourth-order valence-electron chi connectivity index (χ4n) is 2.80. The number of aryl methyl sites for hydroxylation is 3. The predicted octanol–water partition coefficient (Wildman–Crippen LogP) is 2.68. The minimum atomic E-state index is 0. The Kier molecular flexibility index (Phi) is 6.47. The van der Waals surface area contributed by atoms with Crippen molar-refractivity contribution in [2.75, 3.05) is 18.0 Å². The summed E-state index contributed by atoms with van der Waals surface area (Å²) >= 11 is 0. The first-order chi connectivity index (χ1) is 9.60. The molecule has 0 radical (unpaired) electrons. The highest BCUT2D eigenvalue weighted by Gasteiger charge is 2.21. The third kappa shape index (κ3) is 3.31. The molecule has 1 aliphatic rings. The molecule has 3 rings (SSSR count). The average Bonchev–Trinajstić information content (AvgIpc) is 2.75. The van der Waals surface area contributed by atoms with Crippen LogP contribution >= 0.6 is 24.8 Å². The zero-order valence-electron chi connectivity index (χ0n) is 13.4. The second-order valence-electron chi connectivity index (χ2n) is 5.73. The number of nitrogens with two attached hydrogens (primary N) is 1. The van der Waals surface area contributed by atoms with Gasteiger partial charge in [-0.15, -0.1) is 24.8 Å². The summed E-state index contributed by atoms with van der Waals surface area (Å²) in [6.07, 6.45) is 3.04. The second-order valence-corrected chi connectivity index (χ2v) is 5.73. The van der Waals surface area contributed by atoms with E-state index in [2.05, 4.69) is 29.9 Å². The van der Waals surface area contributed by atoms with Crippen LogP contribution in [0.1, 0.15) is 36.7 Å². The minimum absolute atomic E-state index is 0. The maximum atomic E-state index is 6.01. The summed E-state index contributed by atoms with van der Waals surface area (Å²) in [7, 11) is 0. The number of piperidine rings is 1. The van der Waals surface area contributed by atoms with Crippen molar-refractivity contribution in [2.45, 2.75) is 46.1 Å². The van der Waals surface area contributed by atoms with Crippen LogP contribution in [0.4, 0.5) is 5.82 Å². The van der Waals surface area contributed by atoms with Gasteiger partial charge in [0.25, 0.3) is 0 Å². The molecule has 0 saturated carbocycles. The summed E-state index contributed by atoms with van der Waals surface area (Å²) < 4.78 is 2.00. The van der Waals surface area contributed by atoms with Crippen LogP contribution < -0.4 is 10.6 Å². The monoisotopic (exact) mass is 345 g/mol. The normalized spacial score (nSPS) is 15.5. The van der Waals surface area contributed by atoms with Crippen LogP contribution in [-0.2, 0) is 6.42 Å². The number of hydrogen-bond acceptors (Lipinski definition) is 4. The molecule has 3 heterocycles. The van der Waals surface area contributed by atoms with Crippen LogP contribution in [0.25, 0.3) is 5.65 Å². The molecule has 1 aliphatic heterocycles. The van der Waals surface area contributed by atoms with Crippen molar-refractivity contribution in [1.82, 2.24) is 14.6 Å². The lowest BCUT2D eigenvalue weighted by Crippen LogP contribution is -2.40. The topological polar surface area (TPSA) is 59.5 Å². The van der Waals surface area contributed by atoms with E-state index in [1.54, 1.807) is 0 Å². The van der Waals surface area contributed by atoms with Crippen molar-refractivity contribution in [2.24, 2.45) is 5.73 Å². The lowest BCUT2D eigenvalue weighted by Gasteiger charge is -2.32. The lowest BCUT2D eigenvalue weighted by atomic mass is 10.1. The van der Waals surface area contributed by atoms with E-state index >= 15 is 0 Å². The van der Waals surface area contributed by atoms with Crippen molar-refractivity contribution in [3.8, 4) is 0 Å². The predicted molar refractivity (Wildman–Crippen MR) is 95.8 cm³/mol. The van der Waals surface area contributed by atoms with Gasteiger partial charge in [0.15, 0.2) is 5.65 Å². The van der Waals surface area contributed by atoms with E-state index in [1.807, 2.05) is 11.4 Å². The van der Waals surface area contributed by atoms with Gasteiger partial charge in [-0.2, -0.15) is 9.61 Å². The average molecular weight is 346 g/mol. The van der Waals surface area contributed by atoms with Gasteiger partial charge in [-0.05, 0) is 33.1 Å². The van der Waals surface area contributed by atoms with Gasteiger partial charge >= 0.3 is 0 Å². The summed E-state index contributed by atoms with van der Waals surface area (Å²) in [5.41, 5.74) is 10.4. The Hall–Kier alpha value is -1.04. The number of rotatable bonds is 2. The Morgan fingerprint density at radius 3 is 2.45 bits per heavy atom. The van der Waals surface area contributed by atoms with Crippen molar-refractivity contribution in [1.29, 1.82) is 0 Å². The third-order valence-electron chi connectivity index (χ3n) is 4.32. The Balaban J connectivity index is 0.00000121. The number of hydrogen-bond donors (Lipinski definition) is 1. The van der Waals surface area contributed by atoms with E-state index in [9.17, 15) is 0 Å². The number of halogens is 2. The molecule has 1 fully saturated rings. The summed E-state index contributed by atoms with van der Waals surface area (Å²) in [4.78, 5) is 7.13. The molecule has 22 heavy (non-hydrogen) atoms. The smallest absolute Gasteiger partial charge is 0.160 e. The van der Waals surface area contributed by atoms with Crippen LogP contribution in [0.5, 0.6) is 0 Å². The first-order valence-corrected chi connectivity index (χ1v) is 7.46. The first kappa shape index (κ1) is 19.0. The van der Waals surface area contributed by atoms with Gasteiger partial charge in [0.1, 0.15) is 5.82 Å². The summed E-state index contributed by atoms with van der Waals surface area (Å²) in [6.45, 7) is 8.29. The van der Waals surface area contributed by atoms with Gasteiger partial charge < -0.3 is 10.6 Å². The van der Waals surface area contributed by atoms with Gasteiger partial charge in [0.2, 0.25) is 0 Å². The molecule has 0 bridgehead atoms. The maximum absolute atomic E-state index is 6.01. The van der Waals surface area contributed by atoms with Crippen molar-refractivity contribution < 1.29 is 0 Å². The van der Waals surface area contributed by atoms with E-state index in [0.717, 1.165) is 55.2 Å². The molecule has 0 aliphatic carbocycles. The highest BCUT2D eigenvalue weighted by molar-refractivity contribution is 5.85. The Morgan fingerprint density at radius 1 is 1.23 bits per heavy atom. The fraction of sp³-hybridized carbons (Fsp3) is 0.600. The lowest BCUT2D eigenvalue weighted by molar-refractivity contribution is 0.495. The van der Waals surface area contributed by atoms with E-state index in [-0.39, 0.29) is 24.8 Å². The van der Waals surface area contributed by atoms with Crippen LogP contribution in [0, 0.1) is 13.8 Å². The molecule has 2 aromatic rings. The van der Waals surface area contributed by atoms with Crippen LogP contribution in [0.3, 0.4) is 0 Å². The maximum Gasteiger partial charge on any atom is 0.160 e. The number of anilines is 1. The van der Waals surface area contributed by atoms with E-state index in [0.29, 0.717) is 6.04 Å². The molecule has 2 aromatic heterocycles. The molecule has 0 atom stereocenters. The van der Waals surface area contributed by atoms with Crippen molar-refractivity contribution >= 4 is 36.3 Å². The molecule has 1 saturated heterocycles. The Labute approximate surface area is 144 Å². The zero-order valence-corrected chi connectivity index (χ0v) is 15.0. The van der Waals surface area contributed by atoms with Crippen LogP contribution in [0.2, 0.25) is 0 Å². The molecule has 0 unspecified atom stereocenters.